The average Bonchev–Trinajstić information content (AvgIpc) is 3.02. The number of imidazole rings is 1. The van der Waals surface area contributed by atoms with E-state index in [9.17, 15) is 9.59 Å². The predicted molar refractivity (Wildman–Crippen MR) is 87.5 cm³/mol. The first kappa shape index (κ1) is 15.5. The number of carbonyl (C=O) groups excluding carboxylic acids is 2. The molecule has 0 spiro atoms. The molecule has 3 N–H and O–H groups in total. The first-order valence-corrected chi connectivity index (χ1v) is 7.18. The van der Waals surface area contributed by atoms with Gasteiger partial charge in [0.15, 0.2) is 0 Å². The second-order valence-electron chi connectivity index (χ2n) is 4.94. The fraction of sp³-hybridized carbons (Fsp3) is 0.125. The van der Waals surface area contributed by atoms with E-state index in [1.54, 1.807) is 12.1 Å². The summed E-state index contributed by atoms with van der Waals surface area (Å²) >= 11 is 0. The van der Waals surface area contributed by atoms with Crippen LogP contribution in [-0.4, -0.2) is 34.1 Å². The van der Waals surface area contributed by atoms with Gasteiger partial charge in [0.2, 0.25) is 5.95 Å². The van der Waals surface area contributed by atoms with Crippen LogP contribution in [0.25, 0.3) is 11.0 Å². The first-order valence-electron chi connectivity index (χ1n) is 7.18. The maximum absolute atomic E-state index is 12.3. The van der Waals surface area contributed by atoms with E-state index < -0.39 is 6.09 Å². The number of para-hydroxylation sites is 2. The molecule has 8 heteroatoms. The molecular weight excluding hydrogens is 310 g/mol. The zero-order chi connectivity index (χ0) is 16.9. The van der Waals surface area contributed by atoms with Crippen molar-refractivity contribution in [2.45, 2.75) is 6.54 Å². The highest BCUT2D eigenvalue weighted by atomic mass is 16.5. The van der Waals surface area contributed by atoms with Crippen LogP contribution in [0.15, 0.2) is 42.6 Å². The van der Waals surface area contributed by atoms with Gasteiger partial charge in [-0.25, -0.2) is 9.78 Å². The van der Waals surface area contributed by atoms with Gasteiger partial charge in [-0.3, -0.25) is 15.1 Å². The van der Waals surface area contributed by atoms with Crippen LogP contribution < -0.4 is 10.6 Å². The van der Waals surface area contributed by atoms with E-state index in [-0.39, 0.29) is 12.5 Å². The minimum atomic E-state index is -0.561. The van der Waals surface area contributed by atoms with Gasteiger partial charge in [-0.2, -0.15) is 0 Å². The van der Waals surface area contributed by atoms with E-state index >= 15 is 0 Å². The van der Waals surface area contributed by atoms with Crippen LogP contribution in [0.4, 0.5) is 10.7 Å². The number of hydrogen-bond donors (Lipinski definition) is 3. The molecule has 0 aliphatic carbocycles. The number of hydrogen-bond acceptors (Lipinski definition) is 5. The SMILES string of the molecule is COC(=O)NCc1cc(C(=O)Nc2nc3ccccc3[nH]2)ccn1. The van der Waals surface area contributed by atoms with Crippen molar-refractivity contribution >= 4 is 29.0 Å². The van der Waals surface area contributed by atoms with Gasteiger partial charge >= 0.3 is 6.09 Å². The number of H-pyrrole nitrogens is 1. The lowest BCUT2D eigenvalue weighted by Crippen LogP contribution is -2.23. The fourth-order valence-corrected chi connectivity index (χ4v) is 2.14. The Morgan fingerprint density at radius 3 is 2.88 bits per heavy atom. The molecule has 0 bridgehead atoms. The lowest BCUT2D eigenvalue weighted by molar-refractivity contribution is 0.102. The molecule has 3 rings (SSSR count). The zero-order valence-electron chi connectivity index (χ0n) is 12.9. The van der Waals surface area contributed by atoms with Gasteiger partial charge in [0.05, 0.1) is 30.4 Å². The molecule has 0 aliphatic rings. The summed E-state index contributed by atoms with van der Waals surface area (Å²) in [6.07, 6.45) is 0.941. The standard InChI is InChI=1S/C16H15N5O3/c1-24-16(23)18-9-11-8-10(6-7-17-11)14(22)21-15-19-12-4-2-3-5-13(12)20-15/h2-8H,9H2,1H3,(H,18,23)(H2,19,20,21,22). The second kappa shape index (κ2) is 6.78. The number of aromatic amines is 1. The summed E-state index contributed by atoms with van der Waals surface area (Å²) in [6.45, 7) is 0.165. The number of benzene rings is 1. The van der Waals surface area contributed by atoms with Gasteiger partial charge in [-0.15, -0.1) is 0 Å². The number of rotatable bonds is 4. The van der Waals surface area contributed by atoms with Gasteiger partial charge in [-0.1, -0.05) is 12.1 Å². The van der Waals surface area contributed by atoms with Gasteiger partial charge in [-0.05, 0) is 24.3 Å². The van der Waals surface area contributed by atoms with Crippen LogP contribution in [0.3, 0.4) is 0 Å². The van der Waals surface area contributed by atoms with E-state index in [1.807, 2.05) is 24.3 Å². The van der Waals surface area contributed by atoms with Crippen molar-refractivity contribution in [3.05, 3.63) is 53.9 Å². The van der Waals surface area contributed by atoms with Crippen molar-refractivity contribution in [3.63, 3.8) is 0 Å². The molecule has 0 saturated carbocycles. The van der Waals surface area contributed by atoms with Crippen molar-refractivity contribution in [3.8, 4) is 0 Å². The first-order chi connectivity index (χ1) is 11.7. The maximum Gasteiger partial charge on any atom is 0.407 e. The summed E-state index contributed by atoms with van der Waals surface area (Å²) in [7, 11) is 1.28. The summed E-state index contributed by atoms with van der Waals surface area (Å²) in [5, 5.41) is 5.21. The minimum Gasteiger partial charge on any atom is -0.453 e. The van der Waals surface area contributed by atoms with Crippen LogP contribution in [0.5, 0.6) is 0 Å². The van der Waals surface area contributed by atoms with Gasteiger partial charge in [0, 0.05) is 11.8 Å². The molecule has 3 aromatic rings. The quantitative estimate of drug-likeness (QED) is 0.680. The van der Waals surface area contributed by atoms with Crippen molar-refractivity contribution < 1.29 is 14.3 Å². The number of aromatic nitrogens is 3. The molecule has 24 heavy (non-hydrogen) atoms. The number of nitrogens with one attached hydrogen (secondary N) is 3. The Morgan fingerprint density at radius 1 is 1.25 bits per heavy atom. The Hall–Kier alpha value is -3.42. The number of ether oxygens (including phenoxy) is 1. The number of alkyl carbamates (subject to hydrolysis) is 1. The summed E-state index contributed by atoms with van der Waals surface area (Å²) in [5.41, 5.74) is 2.56. The van der Waals surface area contributed by atoms with Crippen molar-refractivity contribution in [1.29, 1.82) is 0 Å². The molecular formula is C16H15N5O3. The maximum atomic E-state index is 12.3. The minimum absolute atomic E-state index is 0.165. The number of pyridine rings is 1. The second-order valence-corrected chi connectivity index (χ2v) is 4.94. The fourth-order valence-electron chi connectivity index (χ4n) is 2.14. The van der Waals surface area contributed by atoms with E-state index in [2.05, 4.69) is 30.3 Å². The van der Waals surface area contributed by atoms with Crippen LogP contribution >= 0.6 is 0 Å². The smallest absolute Gasteiger partial charge is 0.407 e. The van der Waals surface area contributed by atoms with E-state index in [4.69, 9.17) is 0 Å². The molecule has 2 heterocycles. The van der Waals surface area contributed by atoms with Gasteiger partial charge in [0.25, 0.3) is 5.91 Å². The average molecular weight is 325 g/mol. The number of anilines is 1. The Balaban J connectivity index is 1.71. The molecule has 0 radical (unpaired) electrons. The highest BCUT2D eigenvalue weighted by Crippen LogP contribution is 2.14. The third kappa shape index (κ3) is 3.49. The van der Waals surface area contributed by atoms with Crippen LogP contribution in [0, 0.1) is 0 Å². The zero-order valence-corrected chi connectivity index (χ0v) is 12.9. The summed E-state index contributed by atoms with van der Waals surface area (Å²) in [6, 6.07) is 10.7. The number of amides is 2. The molecule has 2 aromatic heterocycles. The van der Waals surface area contributed by atoms with Crippen molar-refractivity contribution in [2.75, 3.05) is 12.4 Å². The summed E-state index contributed by atoms with van der Waals surface area (Å²) in [5.74, 6) is 0.0445. The van der Waals surface area contributed by atoms with E-state index in [0.717, 1.165) is 11.0 Å². The van der Waals surface area contributed by atoms with Crippen LogP contribution in [0.2, 0.25) is 0 Å². The topological polar surface area (TPSA) is 109 Å². The number of methoxy groups -OCH3 is 1. The molecule has 2 amide bonds. The Labute approximate surface area is 137 Å². The predicted octanol–water partition coefficient (Wildman–Crippen LogP) is 2.07. The highest BCUT2D eigenvalue weighted by Gasteiger charge is 2.10. The third-order valence-electron chi connectivity index (χ3n) is 3.30. The highest BCUT2D eigenvalue weighted by molar-refractivity contribution is 6.03. The molecule has 122 valence electrons. The third-order valence-corrected chi connectivity index (χ3v) is 3.30. The number of fused-ring (bicyclic) bond motifs is 1. The molecule has 0 atom stereocenters. The summed E-state index contributed by atoms with van der Waals surface area (Å²) < 4.78 is 4.49. The molecule has 8 nitrogen and oxygen atoms in total. The number of nitrogens with zero attached hydrogens (tertiary/aromatic N) is 2. The molecule has 0 saturated heterocycles. The largest absolute Gasteiger partial charge is 0.453 e. The number of carbonyl (C=O) groups is 2. The molecule has 0 unspecified atom stereocenters. The Kier molecular flexibility index (Phi) is 4.37. The lowest BCUT2D eigenvalue weighted by atomic mass is 10.2. The Bertz CT molecular complexity index is 857. The Morgan fingerprint density at radius 2 is 2.08 bits per heavy atom. The van der Waals surface area contributed by atoms with E-state index in [0.29, 0.717) is 17.2 Å². The van der Waals surface area contributed by atoms with Crippen molar-refractivity contribution in [2.24, 2.45) is 0 Å². The molecule has 1 aromatic carbocycles. The van der Waals surface area contributed by atoms with Crippen LogP contribution in [0.1, 0.15) is 16.1 Å². The van der Waals surface area contributed by atoms with Gasteiger partial charge in [0.1, 0.15) is 0 Å². The summed E-state index contributed by atoms with van der Waals surface area (Å²) in [4.78, 5) is 34.8. The van der Waals surface area contributed by atoms with Crippen molar-refractivity contribution in [1.82, 2.24) is 20.3 Å². The van der Waals surface area contributed by atoms with Crippen LogP contribution in [-0.2, 0) is 11.3 Å². The monoisotopic (exact) mass is 325 g/mol. The van der Waals surface area contributed by atoms with E-state index in [1.165, 1.54) is 13.3 Å². The van der Waals surface area contributed by atoms with Gasteiger partial charge < -0.3 is 15.0 Å². The normalized spacial score (nSPS) is 10.4. The molecule has 0 aliphatic heterocycles. The molecule has 0 fully saturated rings. The lowest BCUT2D eigenvalue weighted by Gasteiger charge is -2.05.